The first-order chi connectivity index (χ1) is 8.33. The predicted molar refractivity (Wildman–Crippen MR) is 66.2 cm³/mol. The maximum atomic E-state index is 5.75. The quantitative estimate of drug-likeness (QED) is 0.504. The van der Waals surface area contributed by atoms with E-state index in [1.807, 2.05) is 12.1 Å². The average Bonchev–Trinajstić information content (AvgIpc) is 2.33. The molecule has 0 spiro atoms. The zero-order chi connectivity index (χ0) is 12.3. The number of ether oxygens (including phenoxy) is 3. The van der Waals surface area contributed by atoms with Crippen LogP contribution in [0.4, 0.5) is 0 Å². The molecule has 4 nitrogen and oxygen atoms in total. The van der Waals surface area contributed by atoms with Crippen LogP contribution in [-0.4, -0.2) is 38.5 Å². The molecule has 0 fully saturated rings. The van der Waals surface area contributed by atoms with Gasteiger partial charge in [-0.05, 0) is 18.6 Å². The maximum absolute atomic E-state index is 5.75. The monoisotopic (exact) mass is 259 g/mol. The SMILES string of the molecule is COCCCOCCOCc1cccc(Cl)n1. The Labute approximate surface area is 107 Å². The van der Waals surface area contributed by atoms with Crippen molar-refractivity contribution in [2.24, 2.45) is 0 Å². The van der Waals surface area contributed by atoms with E-state index in [0.717, 1.165) is 18.7 Å². The van der Waals surface area contributed by atoms with Crippen LogP contribution in [0, 0.1) is 0 Å². The number of hydrogen-bond acceptors (Lipinski definition) is 4. The van der Waals surface area contributed by atoms with Gasteiger partial charge in [0.1, 0.15) is 5.15 Å². The topological polar surface area (TPSA) is 40.6 Å². The van der Waals surface area contributed by atoms with Crippen molar-refractivity contribution in [3.63, 3.8) is 0 Å². The molecule has 17 heavy (non-hydrogen) atoms. The van der Waals surface area contributed by atoms with Gasteiger partial charge in [-0.3, -0.25) is 0 Å². The Morgan fingerprint density at radius 2 is 1.94 bits per heavy atom. The highest BCUT2D eigenvalue weighted by Crippen LogP contribution is 2.05. The molecule has 0 saturated heterocycles. The van der Waals surface area contributed by atoms with Crippen LogP contribution in [0.3, 0.4) is 0 Å². The minimum atomic E-state index is 0.460. The summed E-state index contributed by atoms with van der Waals surface area (Å²) in [4.78, 5) is 4.11. The molecule has 0 amide bonds. The number of rotatable bonds is 9. The fraction of sp³-hybridized carbons (Fsp3) is 0.583. The van der Waals surface area contributed by atoms with Gasteiger partial charge in [0.05, 0.1) is 25.5 Å². The summed E-state index contributed by atoms with van der Waals surface area (Å²) in [5.41, 5.74) is 0.830. The van der Waals surface area contributed by atoms with Crippen molar-refractivity contribution in [2.45, 2.75) is 13.0 Å². The van der Waals surface area contributed by atoms with Crippen molar-refractivity contribution in [1.82, 2.24) is 4.98 Å². The van der Waals surface area contributed by atoms with Crippen LogP contribution in [0.2, 0.25) is 5.15 Å². The van der Waals surface area contributed by atoms with Crippen molar-refractivity contribution in [3.8, 4) is 0 Å². The van der Waals surface area contributed by atoms with E-state index in [0.29, 0.717) is 31.6 Å². The van der Waals surface area contributed by atoms with Gasteiger partial charge in [-0.15, -0.1) is 0 Å². The first-order valence-electron chi connectivity index (χ1n) is 5.59. The van der Waals surface area contributed by atoms with Crippen molar-refractivity contribution in [3.05, 3.63) is 29.0 Å². The molecule has 1 aromatic heterocycles. The Morgan fingerprint density at radius 1 is 1.12 bits per heavy atom. The molecule has 1 aromatic rings. The number of hydrogen-bond donors (Lipinski definition) is 0. The van der Waals surface area contributed by atoms with Crippen LogP contribution in [0.15, 0.2) is 18.2 Å². The predicted octanol–water partition coefficient (Wildman–Crippen LogP) is 2.30. The molecule has 5 heteroatoms. The van der Waals surface area contributed by atoms with Crippen LogP contribution in [0.1, 0.15) is 12.1 Å². The Balaban J connectivity index is 1.97. The van der Waals surface area contributed by atoms with Gasteiger partial charge in [-0.25, -0.2) is 4.98 Å². The zero-order valence-corrected chi connectivity index (χ0v) is 10.8. The maximum Gasteiger partial charge on any atom is 0.129 e. The summed E-state index contributed by atoms with van der Waals surface area (Å²) in [5.74, 6) is 0. The first kappa shape index (κ1) is 14.4. The number of methoxy groups -OCH3 is 1. The second kappa shape index (κ2) is 9.36. The van der Waals surface area contributed by atoms with E-state index in [2.05, 4.69) is 4.98 Å². The molecular formula is C12H18ClNO3. The molecule has 0 aliphatic rings. The molecular weight excluding hydrogens is 242 g/mol. The summed E-state index contributed by atoms with van der Waals surface area (Å²) in [5, 5.41) is 0.488. The van der Waals surface area contributed by atoms with Crippen LogP contribution in [-0.2, 0) is 20.8 Å². The van der Waals surface area contributed by atoms with Gasteiger partial charge in [0.15, 0.2) is 0 Å². The number of aromatic nitrogens is 1. The fourth-order valence-corrected chi connectivity index (χ4v) is 1.41. The van der Waals surface area contributed by atoms with Gasteiger partial charge < -0.3 is 14.2 Å². The lowest BCUT2D eigenvalue weighted by Gasteiger charge is -2.05. The summed E-state index contributed by atoms with van der Waals surface area (Å²) in [7, 11) is 1.68. The average molecular weight is 260 g/mol. The van der Waals surface area contributed by atoms with E-state index < -0.39 is 0 Å². The highest BCUT2D eigenvalue weighted by Gasteiger charge is 1.96. The molecule has 0 aliphatic carbocycles. The number of nitrogens with zero attached hydrogens (tertiary/aromatic N) is 1. The van der Waals surface area contributed by atoms with E-state index in [1.54, 1.807) is 13.2 Å². The third-order valence-electron chi connectivity index (χ3n) is 2.03. The smallest absolute Gasteiger partial charge is 0.129 e. The Bertz CT molecular complexity index is 310. The normalized spacial score (nSPS) is 10.7. The lowest BCUT2D eigenvalue weighted by atomic mass is 10.4. The molecule has 0 aromatic carbocycles. The van der Waals surface area contributed by atoms with E-state index in [9.17, 15) is 0 Å². The Hall–Kier alpha value is -0.680. The second-order valence-electron chi connectivity index (χ2n) is 3.46. The lowest BCUT2D eigenvalue weighted by molar-refractivity contribution is 0.0327. The van der Waals surface area contributed by atoms with E-state index in [1.165, 1.54) is 0 Å². The lowest BCUT2D eigenvalue weighted by Crippen LogP contribution is -2.07. The van der Waals surface area contributed by atoms with Gasteiger partial charge in [0.2, 0.25) is 0 Å². The van der Waals surface area contributed by atoms with Gasteiger partial charge in [0, 0.05) is 20.3 Å². The third kappa shape index (κ3) is 7.28. The van der Waals surface area contributed by atoms with Gasteiger partial charge in [0.25, 0.3) is 0 Å². The summed E-state index contributed by atoms with van der Waals surface area (Å²) >= 11 is 5.75. The zero-order valence-electron chi connectivity index (χ0n) is 10.0. The van der Waals surface area contributed by atoms with Gasteiger partial charge in [-0.2, -0.15) is 0 Å². The third-order valence-corrected chi connectivity index (χ3v) is 2.24. The number of halogens is 1. The van der Waals surface area contributed by atoms with Crippen LogP contribution in [0.25, 0.3) is 0 Å². The molecule has 96 valence electrons. The summed E-state index contributed by atoms with van der Waals surface area (Å²) in [6.45, 7) is 3.04. The van der Waals surface area contributed by atoms with E-state index >= 15 is 0 Å². The molecule has 0 radical (unpaired) electrons. The molecule has 0 bridgehead atoms. The molecule has 0 saturated carbocycles. The minimum absolute atomic E-state index is 0.460. The van der Waals surface area contributed by atoms with Gasteiger partial charge in [-0.1, -0.05) is 17.7 Å². The highest BCUT2D eigenvalue weighted by molar-refractivity contribution is 6.29. The molecule has 1 rings (SSSR count). The highest BCUT2D eigenvalue weighted by atomic mass is 35.5. The first-order valence-corrected chi connectivity index (χ1v) is 5.96. The summed E-state index contributed by atoms with van der Waals surface area (Å²) in [6.07, 6.45) is 0.909. The molecule has 0 N–H and O–H groups in total. The molecule has 0 atom stereocenters. The van der Waals surface area contributed by atoms with Crippen molar-refractivity contribution >= 4 is 11.6 Å². The second-order valence-corrected chi connectivity index (χ2v) is 3.85. The molecule has 0 unspecified atom stereocenters. The van der Waals surface area contributed by atoms with E-state index in [-0.39, 0.29) is 0 Å². The van der Waals surface area contributed by atoms with Crippen LogP contribution in [0.5, 0.6) is 0 Å². The Kier molecular flexibility index (Phi) is 7.92. The summed E-state index contributed by atoms with van der Waals surface area (Å²) < 4.78 is 15.7. The van der Waals surface area contributed by atoms with Crippen molar-refractivity contribution in [2.75, 3.05) is 33.5 Å². The largest absolute Gasteiger partial charge is 0.385 e. The number of pyridine rings is 1. The van der Waals surface area contributed by atoms with Gasteiger partial charge >= 0.3 is 0 Å². The van der Waals surface area contributed by atoms with E-state index in [4.69, 9.17) is 25.8 Å². The van der Waals surface area contributed by atoms with Crippen LogP contribution < -0.4 is 0 Å². The molecule has 1 heterocycles. The van der Waals surface area contributed by atoms with Crippen molar-refractivity contribution < 1.29 is 14.2 Å². The van der Waals surface area contributed by atoms with Crippen LogP contribution >= 0.6 is 11.6 Å². The fourth-order valence-electron chi connectivity index (χ4n) is 1.23. The minimum Gasteiger partial charge on any atom is -0.385 e. The molecule has 0 aliphatic heterocycles. The standard InChI is InChI=1S/C12H18ClNO3/c1-15-6-3-7-16-8-9-17-10-11-4-2-5-12(13)14-11/h2,4-5H,3,6-10H2,1H3. The van der Waals surface area contributed by atoms with Crippen molar-refractivity contribution in [1.29, 1.82) is 0 Å². The summed E-state index contributed by atoms with van der Waals surface area (Å²) in [6, 6.07) is 5.48. The Morgan fingerprint density at radius 3 is 2.71 bits per heavy atom.